The molecule has 1 aliphatic rings. The molecule has 1 aromatic rings. The maximum atomic E-state index is 5.10. The van der Waals surface area contributed by atoms with Gasteiger partial charge in [-0.15, -0.1) is 6.42 Å². The van der Waals surface area contributed by atoms with Gasteiger partial charge in [0.2, 0.25) is 0 Å². The summed E-state index contributed by atoms with van der Waals surface area (Å²) in [6, 6.07) is 9.60. The molecule has 21 heavy (non-hydrogen) atoms. The second-order valence-electron chi connectivity index (χ2n) is 4.70. The Bertz CT molecular complexity index is 512. The number of terminal acetylenes is 1. The van der Waals surface area contributed by atoms with Crippen molar-refractivity contribution in [3.05, 3.63) is 64.1 Å². The van der Waals surface area contributed by atoms with E-state index >= 15 is 0 Å². The quantitative estimate of drug-likeness (QED) is 0.375. The van der Waals surface area contributed by atoms with Gasteiger partial charge < -0.3 is 0 Å². The second-order valence-corrected chi connectivity index (χ2v) is 9.34. The molecule has 0 aliphatic heterocycles. The Morgan fingerprint density at radius 1 is 0.810 bits per heavy atom. The van der Waals surface area contributed by atoms with Gasteiger partial charge in [0.1, 0.15) is 0 Å². The van der Waals surface area contributed by atoms with E-state index in [9.17, 15) is 0 Å². The number of hydrogen-bond acceptors (Lipinski definition) is 0. The van der Waals surface area contributed by atoms with Gasteiger partial charge in [-0.3, -0.25) is 0 Å². The predicted molar refractivity (Wildman–Crippen MR) is 91.7 cm³/mol. The zero-order valence-corrected chi connectivity index (χ0v) is 17.9. The number of hydrogen-bond donors (Lipinski definition) is 0. The van der Waals surface area contributed by atoms with E-state index in [-0.39, 0.29) is 0 Å². The summed E-state index contributed by atoms with van der Waals surface area (Å²) < 4.78 is 0. The first-order chi connectivity index (χ1) is 9.90. The van der Waals surface area contributed by atoms with Crippen molar-refractivity contribution in [1.29, 1.82) is 0 Å². The molecule has 2 rings (SSSR count). The van der Waals surface area contributed by atoms with Crippen LogP contribution in [0.5, 0.6) is 0 Å². The molecule has 0 bridgehead atoms. The summed E-state index contributed by atoms with van der Waals surface area (Å²) in [4.78, 5) is 0. The monoisotopic (exact) mass is 488 g/mol. The van der Waals surface area contributed by atoms with Crippen LogP contribution in [0.25, 0.3) is 0 Å². The van der Waals surface area contributed by atoms with Gasteiger partial charge in [-0.1, -0.05) is 42.2 Å². The molecule has 0 fully saturated rings. The van der Waals surface area contributed by atoms with Gasteiger partial charge in [-0.05, 0) is 51.0 Å². The topological polar surface area (TPSA) is 0 Å². The van der Waals surface area contributed by atoms with Gasteiger partial charge in [0.05, 0.1) is 0 Å². The molecule has 0 atom stereocenters. The Morgan fingerprint density at radius 2 is 1.19 bits per heavy atom. The van der Waals surface area contributed by atoms with Crippen molar-refractivity contribution in [1.82, 2.24) is 0 Å². The third-order valence-electron chi connectivity index (χ3n) is 3.75. The molecule has 0 saturated heterocycles. The van der Waals surface area contributed by atoms with Gasteiger partial charge in [0, 0.05) is 11.5 Å². The van der Waals surface area contributed by atoms with Crippen LogP contribution in [-0.4, -0.2) is 0 Å². The van der Waals surface area contributed by atoms with E-state index in [0.717, 1.165) is 5.56 Å². The molecular weight excluding hydrogens is 468 g/mol. The maximum absolute atomic E-state index is 5.10. The Hall–Kier alpha value is -0.420. The SMILES string of the molecule is C#Cc1ccccc1.C[C]1C(C)=C(C)C(C)=C1C.[Cl][Ta][Cl]. The summed E-state index contributed by atoms with van der Waals surface area (Å²) in [6.07, 6.45) is 5.10. The summed E-state index contributed by atoms with van der Waals surface area (Å²) in [5.41, 5.74) is 6.81. The first-order valence-electron chi connectivity index (χ1n) is 6.54. The Morgan fingerprint density at radius 3 is 1.38 bits per heavy atom. The third kappa shape index (κ3) is 6.92. The van der Waals surface area contributed by atoms with Crippen LogP contribution in [0.3, 0.4) is 0 Å². The summed E-state index contributed by atoms with van der Waals surface area (Å²) in [5, 5.41) is 0. The van der Waals surface area contributed by atoms with Crippen LogP contribution in [0.2, 0.25) is 0 Å². The Kier molecular flexibility index (Phi) is 11.0. The van der Waals surface area contributed by atoms with Crippen LogP contribution in [0.4, 0.5) is 0 Å². The molecule has 0 saturated carbocycles. The number of allylic oxidation sites excluding steroid dienone is 4. The van der Waals surface area contributed by atoms with Crippen LogP contribution in [0.15, 0.2) is 52.6 Å². The van der Waals surface area contributed by atoms with Crippen molar-refractivity contribution in [3.63, 3.8) is 0 Å². The minimum atomic E-state index is -0.889. The standard InChI is InChI=1S/C10H15.C8H6.2ClH.Ta/c1-6-7(2)9(4)10(5)8(6)3;1-2-8-6-4-3-5-7-8;;;/h1-5H3;1,3-7H;2*1H;/q;;;;+2/p-2. The molecule has 0 amide bonds. The summed E-state index contributed by atoms with van der Waals surface area (Å²) in [5.74, 6) is 3.99. The predicted octanol–water partition coefficient (Wildman–Crippen LogP) is 6.31. The van der Waals surface area contributed by atoms with Crippen molar-refractivity contribution >= 4 is 18.4 Å². The molecule has 0 N–H and O–H groups in total. The van der Waals surface area contributed by atoms with E-state index in [4.69, 9.17) is 24.8 Å². The molecule has 0 unspecified atom stereocenters. The fourth-order valence-electron chi connectivity index (χ4n) is 1.94. The van der Waals surface area contributed by atoms with E-state index in [1.165, 1.54) is 28.2 Å². The van der Waals surface area contributed by atoms with E-state index in [2.05, 4.69) is 40.5 Å². The molecule has 1 aliphatic carbocycles. The van der Waals surface area contributed by atoms with Gasteiger partial charge in [-0.2, -0.15) is 0 Å². The zero-order chi connectivity index (χ0) is 16.4. The van der Waals surface area contributed by atoms with Gasteiger partial charge in [-0.25, -0.2) is 0 Å². The molecule has 0 aromatic heterocycles. The normalized spacial score (nSPS) is 13.8. The fraction of sp³-hybridized carbons (Fsp3) is 0.278. The molecule has 0 heterocycles. The van der Waals surface area contributed by atoms with Crippen LogP contribution >= 0.6 is 18.4 Å². The second kappa shape index (κ2) is 11.2. The third-order valence-corrected chi connectivity index (χ3v) is 3.75. The van der Waals surface area contributed by atoms with Crippen LogP contribution in [0, 0.1) is 18.3 Å². The van der Waals surface area contributed by atoms with Crippen molar-refractivity contribution in [3.8, 4) is 12.3 Å². The van der Waals surface area contributed by atoms with E-state index in [0.29, 0.717) is 0 Å². The summed E-state index contributed by atoms with van der Waals surface area (Å²) in [7, 11) is 9.89. The van der Waals surface area contributed by atoms with E-state index in [1.54, 1.807) is 0 Å². The summed E-state index contributed by atoms with van der Waals surface area (Å²) >= 11 is -0.889. The molecule has 1 radical (unpaired) electrons. The molecular formula is C18H21Cl2Ta. The Labute approximate surface area is 146 Å². The fourth-order valence-corrected chi connectivity index (χ4v) is 1.94. The van der Waals surface area contributed by atoms with Crippen LogP contribution in [0.1, 0.15) is 40.2 Å². The molecule has 0 spiro atoms. The Balaban J connectivity index is 0.000000327. The van der Waals surface area contributed by atoms with E-state index in [1.807, 2.05) is 30.3 Å². The van der Waals surface area contributed by atoms with Crippen LogP contribution < -0.4 is 0 Å². The van der Waals surface area contributed by atoms with Crippen molar-refractivity contribution < 1.29 is 17.6 Å². The molecule has 0 nitrogen and oxygen atoms in total. The van der Waals surface area contributed by atoms with Gasteiger partial charge in [0.25, 0.3) is 0 Å². The first kappa shape index (κ1) is 20.6. The van der Waals surface area contributed by atoms with Crippen LogP contribution in [-0.2, 0) is 17.6 Å². The number of benzene rings is 1. The molecule has 3 heteroatoms. The van der Waals surface area contributed by atoms with Crippen molar-refractivity contribution in [2.45, 2.75) is 34.6 Å². The minimum absolute atomic E-state index is 0.889. The van der Waals surface area contributed by atoms with Crippen molar-refractivity contribution in [2.75, 3.05) is 0 Å². The van der Waals surface area contributed by atoms with Gasteiger partial charge >= 0.3 is 36.0 Å². The molecule has 1 aromatic carbocycles. The van der Waals surface area contributed by atoms with E-state index < -0.39 is 17.6 Å². The average Bonchev–Trinajstić information content (AvgIpc) is 2.68. The average molecular weight is 489 g/mol. The zero-order valence-electron chi connectivity index (χ0n) is 13.2. The summed E-state index contributed by atoms with van der Waals surface area (Å²) in [6.45, 7) is 11.0. The molecule has 112 valence electrons. The first-order valence-corrected chi connectivity index (χ1v) is 14.5. The number of halogens is 2. The number of rotatable bonds is 0. The van der Waals surface area contributed by atoms with Gasteiger partial charge in [0.15, 0.2) is 0 Å². The van der Waals surface area contributed by atoms with Crippen molar-refractivity contribution in [2.24, 2.45) is 0 Å².